The molecular formula is C5H7NO6. The van der Waals surface area contributed by atoms with Gasteiger partial charge in [0.15, 0.2) is 0 Å². The van der Waals surface area contributed by atoms with E-state index in [0.29, 0.717) is 0 Å². The Morgan fingerprint density at radius 2 is 1.25 bits per heavy atom. The Hall–Kier alpha value is -1.79. The molecule has 0 bridgehead atoms. The topological polar surface area (TPSA) is 115 Å². The lowest BCUT2D eigenvalue weighted by atomic mass is 10.5. The molecule has 7 nitrogen and oxygen atoms in total. The first-order chi connectivity index (χ1) is 5.43. The number of hydrogen-bond acceptors (Lipinski definition) is 3. The first-order valence-electron chi connectivity index (χ1n) is 2.85. The van der Waals surface area contributed by atoms with Gasteiger partial charge < -0.3 is 15.3 Å². The van der Waals surface area contributed by atoms with Gasteiger partial charge in [-0.25, -0.2) is 4.79 Å². The molecule has 7 heteroatoms. The van der Waals surface area contributed by atoms with E-state index < -0.39 is 31.1 Å². The van der Waals surface area contributed by atoms with Crippen molar-refractivity contribution in [2.24, 2.45) is 0 Å². The summed E-state index contributed by atoms with van der Waals surface area (Å²) in [4.78, 5) is 30.4. The van der Waals surface area contributed by atoms with Gasteiger partial charge in [0.2, 0.25) is 0 Å². The molecule has 12 heavy (non-hydrogen) atoms. The van der Waals surface area contributed by atoms with E-state index in [0.717, 1.165) is 0 Å². The van der Waals surface area contributed by atoms with E-state index in [1.54, 1.807) is 0 Å². The summed E-state index contributed by atoms with van der Waals surface area (Å²) in [6.45, 7) is -1.66. The van der Waals surface area contributed by atoms with Gasteiger partial charge in [-0.3, -0.25) is 14.5 Å². The largest absolute Gasteiger partial charge is 0.480 e. The van der Waals surface area contributed by atoms with Crippen LogP contribution in [-0.2, 0) is 9.59 Å². The third-order valence-corrected chi connectivity index (χ3v) is 0.923. The maximum absolute atomic E-state index is 10.2. The fourth-order valence-corrected chi connectivity index (χ4v) is 0.518. The van der Waals surface area contributed by atoms with Gasteiger partial charge in [-0.05, 0) is 0 Å². The lowest BCUT2D eigenvalue weighted by Crippen LogP contribution is -2.38. The monoisotopic (exact) mass is 177 g/mol. The molecule has 0 saturated heterocycles. The van der Waals surface area contributed by atoms with E-state index >= 15 is 0 Å². The summed E-state index contributed by atoms with van der Waals surface area (Å²) < 4.78 is 0. The van der Waals surface area contributed by atoms with E-state index in [4.69, 9.17) is 15.3 Å². The Bertz CT molecular complexity index is 196. The predicted molar refractivity (Wildman–Crippen MR) is 34.9 cm³/mol. The van der Waals surface area contributed by atoms with Crippen LogP contribution in [0.2, 0.25) is 0 Å². The average molecular weight is 177 g/mol. The van der Waals surface area contributed by atoms with E-state index in [-0.39, 0.29) is 4.90 Å². The highest BCUT2D eigenvalue weighted by Gasteiger charge is 2.17. The van der Waals surface area contributed by atoms with Crippen LogP contribution in [0, 0.1) is 0 Å². The van der Waals surface area contributed by atoms with E-state index in [1.165, 1.54) is 0 Å². The average Bonchev–Trinajstić information content (AvgIpc) is 1.83. The van der Waals surface area contributed by atoms with Crippen LogP contribution in [0.15, 0.2) is 0 Å². The number of nitrogens with zero attached hydrogens (tertiary/aromatic N) is 1. The molecule has 0 aliphatic carbocycles. The van der Waals surface area contributed by atoms with Crippen LogP contribution in [0.5, 0.6) is 0 Å². The third-order valence-electron chi connectivity index (χ3n) is 0.923. The van der Waals surface area contributed by atoms with Crippen molar-refractivity contribution in [1.29, 1.82) is 0 Å². The van der Waals surface area contributed by atoms with Crippen LogP contribution < -0.4 is 0 Å². The molecule has 0 heterocycles. The quantitative estimate of drug-likeness (QED) is 0.514. The zero-order chi connectivity index (χ0) is 9.72. The summed E-state index contributed by atoms with van der Waals surface area (Å²) in [5, 5.41) is 24.6. The summed E-state index contributed by atoms with van der Waals surface area (Å²) in [5.41, 5.74) is 0. The van der Waals surface area contributed by atoms with Gasteiger partial charge in [-0.2, -0.15) is 0 Å². The Kier molecular flexibility index (Phi) is 3.54. The maximum Gasteiger partial charge on any atom is 0.408 e. The van der Waals surface area contributed by atoms with Gasteiger partial charge in [0.25, 0.3) is 0 Å². The summed E-state index contributed by atoms with van der Waals surface area (Å²) in [6, 6.07) is 0. The lowest BCUT2D eigenvalue weighted by molar-refractivity contribution is -0.141. The van der Waals surface area contributed by atoms with E-state index in [2.05, 4.69) is 0 Å². The SMILES string of the molecule is O=C(O)CN(CC(=O)O)C(=O)O. The highest BCUT2D eigenvalue weighted by Crippen LogP contribution is 1.88. The zero-order valence-corrected chi connectivity index (χ0v) is 5.93. The fraction of sp³-hybridized carbons (Fsp3) is 0.400. The molecule has 0 rings (SSSR count). The van der Waals surface area contributed by atoms with Crippen LogP contribution in [0.4, 0.5) is 4.79 Å². The lowest BCUT2D eigenvalue weighted by Gasteiger charge is -2.12. The van der Waals surface area contributed by atoms with Gasteiger partial charge in [0, 0.05) is 0 Å². The molecule has 0 spiro atoms. The van der Waals surface area contributed by atoms with Gasteiger partial charge in [-0.15, -0.1) is 0 Å². The molecule has 1 amide bonds. The summed E-state index contributed by atoms with van der Waals surface area (Å²) in [6.07, 6.45) is -1.57. The van der Waals surface area contributed by atoms with Crippen molar-refractivity contribution in [3.8, 4) is 0 Å². The van der Waals surface area contributed by atoms with Crippen LogP contribution in [0.3, 0.4) is 0 Å². The number of rotatable bonds is 4. The maximum atomic E-state index is 10.2. The summed E-state index contributed by atoms with van der Waals surface area (Å²) in [5.74, 6) is -2.78. The van der Waals surface area contributed by atoms with E-state index in [9.17, 15) is 14.4 Å². The number of hydrogen-bond donors (Lipinski definition) is 3. The molecule has 0 aromatic heterocycles. The molecule has 0 atom stereocenters. The van der Waals surface area contributed by atoms with Crippen molar-refractivity contribution >= 4 is 18.0 Å². The second kappa shape index (κ2) is 4.16. The van der Waals surface area contributed by atoms with Gasteiger partial charge in [-0.1, -0.05) is 0 Å². The zero-order valence-electron chi connectivity index (χ0n) is 5.93. The normalized spacial score (nSPS) is 9.00. The first kappa shape index (κ1) is 10.2. The molecule has 0 radical (unpaired) electrons. The molecular weight excluding hydrogens is 170 g/mol. The molecule has 0 fully saturated rings. The minimum Gasteiger partial charge on any atom is -0.480 e. The molecule has 0 aliphatic heterocycles. The number of aliphatic carboxylic acids is 2. The van der Waals surface area contributed by atoms with Crippen LogP contribution in [0.25, 0.3) is 0 Å². The minimum atomic E-state index is -1.57. The van der Waals surface area contributed by atoms with Crippen LogP contribution in [0.1, 0.15) is 0 Å². The second-order valence-corrected chi connectivity index (χ2v) is 1.93. The Morgan fingerprint density at radius 1 is 0.917 bits per heavy atom. The van der Waals surface area contributed by atoms with Crippen molar-refractivity contribution < 1.29 is 29.7 Å². The fourth-order valence-electron chi connectivity index (χ4n) is 0.518. The Morgan fingerprint density at radius 3 is 1.42 bits per heavy atom. The Labute approximate surface area is 66.8 Å². The summed E-state index contributed by atoms with van der Waals surface area (Å²) >= 11 is 0. The molecule has 0 saturated carbocycles. The van der Waals surface area contributed by atoms with E-state index in [1.807, 2.05) is 0 Å². The second-order valence-electron chi connectivity index (χ2n) is 1.93. The van der Waals surface area contributed by atoms with Crippen molar-refractivity contribution in [2.45, 2.75) is 0 Å². The van der Waals surface area contributed by atoms with Crippen LogP contribution >= 0.6 is 0 Å². The summed E-state index contributed by atoms with van der Waals surface area (Å²) in [7, 11) is 0. The molecule has 68 valence electrons. The van der Waals surface area contributed by atoms with Crippen LogP contribution in [-0.4, -0.2) is 51.3 Å². The molecule has 0 aromatic carbocycles. The highest BCUT2D eigenvalue weighted by atomic mass is 16.4. The number of carboxylic acids is 2. The molecule has 0 unspecified atom stereocenters. The van der Waals surface area contributed by atoms with Gasteiger partial charge in [0.1, 0.15) is 13.1 Å². The number of carbonyl (C=O) groups is 3. The smallest absolute Gasteiger partial charge is 0.408 e. The minimum absolute atomic E-state index is 0.282. The number of carboxylic acid groups (broad SMARTS) is 3. The number of amides is 1. The highest BCUT2D eigenvalue weighted by molar-refractivity contribution is 5.80. The molecule has 0 aliphatic rings. The van der Waals surface area contributed by atoms with Gasteiger partial charge in [0.05, 0.1) is 0 Å². The first-order valence-corrected chi connectivity index (χ1v) is 2.85. The van der Waals surface area contributed by atoms with Crippen molar-refractivity contribution in [2.75, 3.05) is 13.1 Å². The van der Waals surface area contributed by atoms with Crippen molar-refractivity contribution in [3.63, 3.8) is 0 Å². The van der Waals surface area contributed by atoms with Crippen molar-refractivity contribution in [3.05, 3.63) is 0 Å². The molecule has 3 N–H and O–H groups in total. The van der Waals surface area contributed by atoms with Gasteiger partial charge >= 0.3 is 18.0 Å². The standard InChI is InChI=1S/C5H7NO6/c7-3(8)1-6(5(11)12)2-4(9)10/h1-2H2,(H,7,8)(H,9,10)(H,11,12). The van der Waals surface area contributed by atoms with Crippen molar-refractivity contribution in [1.82, 2.24) is 4.90 Å². The molecule has 0 aromatic rings. The third kappa shape index (κ3) is 4.09. The predicted octanol–water partition coefficient (Wildman–Crippen LogP) is -0.864. The Balaban J connectivity index is 4.14.